The van der Waals surface area contributed by atoms with Gasteiger partial charge in [-0.15, -0.1) is 0 Å². The number of rotatable bonds is 9. The summed E-state index contributed by atoms with van der Waals surface area (Å²) in [7, 11) is 0.638. The van der Waals surface area contributed by atoms with E-state index in [0.29, 0.717) is 28.0 Å². The smallest absolute Gasteiger partial charge is 0.341 e. The van der Waals surface area contributed by atoms with Gasteiger partial charge in [0.2, 0.25) is 0 Å². The molecule has 2 amide bonds. The molecule has 0 saturated carbocycles. The highest BCUT2D eigenvalue weighted by Gasteiger charge is 2.38. The summed E-state index contributed by atoms with van der Waals surface area (Å²) in [5.41, 5.74) is 2.78. The molecule has 0 fully saturated rings. The van der Waals surface area contributed by atoms with E-state index in [1.165, 1.54) is 25.0 Å². The number of hydrogen-bond acceptors (Lipinski definition) is 9. The van der Waals surface area contributed by atoms with Crippen molar-refractivity contribution in [2.45, 2.75) is 32.1 Å². The molecule has 0 aliphatic carbocycles. The molecule has 13 heteroatoms. The molecule has 192 valence electrons. The lowest BCUT2D eigenvalue weighted by atomic mass is 9.93. The van der Waals surface area contributed by atoms with E-state index in [2.05, 4.69) is 22.3 Å². The van der Waals surface area contributed by atoms with Crippen LogP contribution in [0.15, 0.2) is 11.1 Å². The van der Waals surface area contributed by atoms with Crippen LogP contribution in [0.5, 0.6) is 5.75 Å². The Morgan fingerprint density at radius 1 is 1.34 bits per heavy atom. The van der Waals surface area contributed by atoms with Crippen molar-refractivity contribution in [1.82, 2.24) is 4.90 Å². The molecule has 1 aliphatic heterocycles. The Hall–Kier alpha value is -2.70. The second-order valence-corrected chi connectivity index (χ2v) is 10.9. The largest absolute Gasteiger partial charge is 0.496 e. The lowest BCUT2D eigenvalue weighted by Gasteiger charge is -2.22. The molecule has 1 aromatic rings. The third-order valence-electron chi connectivity index (χ3n) is 5.56. The molecule has 2 rings (SSSR count). The van der Waals surface area contributed by atoms with E-state index in [9.17, 15) is 22.8 Å². The van der Waals surface area contributed by atoms with Gasteiger partial charge in [0.1, 0.15) is 12.4 Å². The number of ether oxygens (including phenoxy) is 3. The van der Waals surface area contributed by atoms with Crippen LogP contribution < -0.4 is 10.1 Å². The van der Waals surface area contributed by atoms with Gasteiger partial charge in [-0.1, -0.05) is 24.6 Å². The Labute approximate surface area is 214 Å². The van der Waals surface area contributed by atoms with Crippen molar-refractivity contribution in [3.63, 3.8) is 0 Å². The minimum Gasteiger partial charge on any atom is -0.496 e. The minimum absolute atomic E-state index is 0.0349. The number of fused-ring (bicyclic) bond motifs is 1. The third-order valence-corrected chi connectivity index (χ3v) is 7.68. The first kappa shape index (κ1) is 28.5. The average molecular weight is 547 g/mol. The lowest BCUT2D eigenvalue weighted by molar-refractivity contribution is -0.135. The number of cyclic esters (lactones) is 1. The Morgan fingerprint density at radius 3 is 2.49 bits per heavy atom. The van der Waals surface area contributed by atoms with Crippen molar-refractivity contribution in [1.29, 1.82) is 0 Å². The van der Waals surface area contributed by atoms with Gasteiger partial charge in [0.25, 0.3) is 0 Å². The van der Waals surface area contributed by atoms with Gasteiger partial charge in [-0.05, 0) is 31.1 Å². The first-order valence-corrected chi connectivity index (χ1v) is 13.1. The van der Waals surface area contributed by atoms with Crippen molar-refractivity contribution in [3.05, 3.63) is 33.4 Å². The van der Waals surface area contributed by atoms with E-state index in [-0.39, 0.29) is 29.3 Å². The third kappa shape index (κ3) is 6.11. The van der Waals surface area contributed by atoms with Crippen molar-refractivity contribution in [2.75, 3.05) is 32.8 Å². The Bertz CT molecular complexity index is 1190. The molecule has 1 aromatic carbocycles. The van der Waals surface area contributed by atoms with E-state index in [4.69, 9.17) is 21.1 Å². The molecule has 0 bridgehead atoms. The van der Waals surface area contributed by atoms with Gasteiger partial charge < -0.3 is 24.4 Å². The molecule has 0 spiro atoms. The number of halogens is 1. The van der Waals surface area contributed by atoms with Crippen LogP contribution in [0, 0.1) is 12.8 Å². The summed E-state index contributed by atoms with van der Waals surface area (Å²) >= 11 is 10.9. The van der Waals surface area contributed by atoms with E-state index in [1.54, 1.807) is 21.0 Å². The maximum absolute atomic E-state index is 12.5. The zero-order valence-electron chi connectivity index (χ0n) is 20.1. The standard InChI is InChI=1S/C22H27ClN2O8S2/c1-11-14-9-32-20(26)16(14)17(24-22(28)25(3)4)13(18(11)31-5)7-8-15(23)12(2)19(35(6,29)30)21(27)33-10-34/h8,10,12,19H,7,9H2,1-6H3,(H,24,28). The number of nitrogens with zero attached hydrogens (tertiary/aromatic N) is 1. The van der Waals surface area contributed by atoms with Gasteiger partial charge in [-0.25, -0.2) is 18.0 Å². The summed E-state index contributed by atoms with van der Waals surface area (Å²) < 4.78 is 39.9. The number of anilines is 1. The monoisotopic (exact) mass is 546 g/mol. The zero-order valence-corrected chi connectivity index (χ0v) is 22.5. The van der Waals surface area contributed by atoms with E-state index >= 15 is 0 Å². The second-order valence-electron chi connectivity index (χ2n) is 8.13. The molecule has 1 aliphatic rings. The van der Waals surface area contributed by atoms with E-state index in [1.807, 2.05) is 0 Å². The molecule has 0 radical (unpaired) electrons. The molecule has 1 N–H and O–H groups in total. The molecule has 10 nitrogen and oxygen atoms in total. The molecule has 2 unspecified atom stereocenters. The van der Waals surface area contributed by atoms with Crippen LogP contribution in [0.1, 0.15) is 34.0 Å². The summed E-state index contributed by atoms with van der Waals surface area (Å²) in [6.07, 6.45) is 2.43. The molecule has 0 saturated heterocycles. The van der Waals surface area contributed by atoms with Crippen molar-refractivity contribution in [2.24, 2.45) is 5.92 Å². The van der Waals surface area contributed by atoms with Crippen molar-refractivity contribution in [3.8, 4) is 5.75 Å². The molecular weight excluding hydrogens is 520 g/mol. The van der Waals surface area contributed by atoms with Crippen molar-refractivity contribution < 1.29 is 37.0 Å². The summed E-state index contributed by atoms with van der Waals surface area (Å²) in [6.45, 7) is 3.26. The Kier molecular flexibility index (Phi) is 9.26. The number of hydrogen-bond donors (Lipinski definition) is 1. The van der Waals surface area contributed by atoms with Gasteiger partial charge in [-0.3, -0.25) is 4.79 Å². The first-order valence-electron chi connectivity index (χ1n) is 10.3. The van der Waals surface area contributed by atoms with Gasteiger partial charge >= 0.3 is 18.0 Å². The maximum atomic E-state index is 12.5. The number of allylic oxidation sites excluding steroid dienone is 2. The van der Waals surface area contributed by atoms with Crippen LogP contribution >= 0.6 is 23.8 Å². The minimum atomic E-state index is -3.90. The predicted octanol–water partition coefficient (Wildman–Crippen LogP) is 2.98. The molecule has 1 heterocycles. The fraction of sp³-hybridized carbons (Fsp3) is 0.455. The van der Waals surface area contributed by atoms with Crippen LogP contribution in [0.2, 0.25) is 0 Å². The van der Waals surface area contributed by atoms with Crippen LogP contribution in [-0.4, -0.2) is 69.6 Å². The van der Waals surface area contributed by atoms with E-state index < -0.39 is 39.0 Å². The normalized spacial score (nSPS) is 14.9. The molecule has 2 atom stereocenters. The number of nitrogens with one attached hydrogen (secondary N) is 1. The molecular formula is C22H27ClN2O8S2. The maximum Gasteiger partial charge on any atom is 0.341 e. The zero-order chi connectivity index (χ0) is 26.7. The predicted molar refractivity (Wildman–Crippen MR) is 135 cm³/mol. The fourth-order valence-electron chi connectivity index (χ4n) is 3.80. The number of methoxy groups -OCH3 is 1. The van der Waals surface area contributed by atoms with Crippen LogP contribution in [0.25, 0.3) is 0 Å². The van der Waals surface area contributed by atoms with Crippen molar-refractivity contribution >= 4 is 62.9 Å². The Morgan fingerprint density at radius 2 is 1.97 bits per heavy atom. The van der Waals surface area contributed by atoms with Crippen LogP contribution in [0.4, 0.5) is 10.5 Å². The number of urea groups is 1. The number of esters is 2. The number of thiocarbonyl (C=S) groups is 1. The number of amides is 2. The average Bonchev–Trinajstić information content (AvgIpc) is 3.14. The first-order chi connectivity index (χ1) is 16.3. The van der Waals surface area contributed by atoms with Gasteiger partial charge in [-0.2, -0.15) is 0 Å². The summed E-state index contributed by atoms with van der Waals surface area (Å²) in [6, 6.07) is -0.484. The topological polar surface area (TPSA) is 128 Å². The summed E-state index contributed by atoms with van der Waals surface area (Å²) in [5.74, 6) is -2.21. The van der Waals surface area contributed by atoms with Crippen LogP contribution in [-0.2, 0) is 37.1 Å². The molecule has 35 heavy (non-hydrogen) atoms. The van der Waals surface area contributed by atoms with Gasteiger partial charge in [0.15, 0.2) is 20.6 Å². The summed E-state index contributed by atoms with van der Waals surface area (Å²) in [5, 5.41) is 1.19. The fourth-order valence-corrected chi connectivity index (χ4v) is 5.47. The Balaban J connectivity index is 2.61. The quantitative estimate of drug-likeness (QED) is 0.367. The lowest BCUT2D eigenvalue weighted by Crippen LogP contribution is -2.37. The highest BCUT2D eigenvalue weighted by molar-refractivity contribution is 7.92. The van der Waals surface area contributed by atoms with Crippen LogP contribution in [0.3, 0.4) is 0 Å². The van der Waals surface area contributed by atoms with Gasteiger partial charge in [0.05, 0.1) is 18.4 Å². The number of carbonyl (C=O) groups is 3. The number of sulfone groups is 1. The number of carbonyl (C=O) groups excluding carboxylic acids is 3. The summed E-state index contributed by atoms with van der Waals surface area (Å²) in [4.78, 5) is 38.6. The highest BCUT2D eigenvalue weighted by atomic mass is 35.5. The van der Waals surface area contributed by atoms with Gasteiger partial charge in [0, 0.05) is 42.4 Å². The second kappa shape index (κ2) is 11.4. The number of benzene rings is 1. The molecule has 0 aromatic heterocycles. The highest BCUT2D eigenvalue weighted by Crippen LogP contribution is 2.42. The van der Waals surface area contributed by atoms with E-state index in [0.717, 1.165) is 6.26 Å². The SMILES string of the molecule is COc1c(C)c2c(c(NC(=O)N(C)C)c1CC=C(Cl)C(C)C(C(=O)OC=S)S(C)(=O)=O)C(=O)OC2.